The molecular formula is C17H29NO3. The van der Waals surface area contributed by atoms with Crippen molar-refractivity contribution in [1.29, 1.82) is 0 Å². The van der Waals surface area contributed by atoms with Crippen LogP contribution in [0.5, 0.6) is 11.5 Å². The molecule has 0 aliphatic rings. The van der Waals surface area contributed by atoms with Gasteiger partial charge >= 0.3 is 0 Å². The Morgan fingerprint density at radius 3 is 2.43 bits per heavy atom. The second-order valence-corrected chi connectivity index (χ2v) is 5.08. The second kappa shape index (κ2) is 11.4. The largest absolute Gasteiger partial charge is 0.497 e. The molecule has 0 radical (unpaired) electrons. The molecule has 1 N–H and O–H groups in total. The first kappa shape index (κ1) is 17.8. The van der Waals surface area contributed by atoms with E-state index < -0.39 is 0 Å². The number of rotatable bonds is 12. The van der Waals surface area contributed by atoms with E-state index in [0.29, 0.717) is 0 Å². The molecule has 0 saturated carbocycles. The summed E-state index contributed by atoms with van der Waals surface area (Å²) in [5.74, 6) is 1.77. The molecule has 0 heterocycles. The van der Waals surface area contributed by atoms with Gasteiger partial charge in [-0.2, -0.15) is 0 Å². The summed E-state index contributed by atoms with van der Waals surface area (Å²) in [4.78, 5) is 0. The zero-order valence-electron chi connectivity index (χ0n) is 13.6. The fourth-order valence-corrected chi connectivity index (χ4v) is 2.28. The predicted octanol–water partition coefficient (Wildman–Crippen LogP) is 3.04. The summed E-state index contributed by atoms with van der Waals surface area (Å²) in [6, 6.07) is 6.05. The number of methoxy groups -OCH3 is 3. The van der Waals surface area contributed by atoms with Crippen molar-refractivity contribution in [3.8, 4) is 11.5 Å². The van der Waals surface area contributed by atoms with E-state index in [4.69, 9.17) is 14.2 Å². The van der Waals surface area contributed by atoms with Crippen molar-refractivity contribution in [3.63, 3.8) is 0 Å². The van der Waals surface area contributed by atoms with Gasteiger partial charge in [-0.25, -0.2) is 0 Å². The monoisotopic (exact) mass is 295 g/mol. The van der Waals surface area contributed by atoms with Crippen molar-refractivity contribution in [2.24, 2.45) is 0 Å². The summed E-state index contributed by atoms with van der Waals surface area (Å²) in [5, 5.41) is 3.37. The lowest BCUT2D eigenvalue weighted by Gasteiger charge is -2.10. The Labute approximate surface area is 128 Å². The summed E-state index contributed by atoms with van der Waals surface area (Å²) < 4.78 is 15.6. The maximum Gasteiger partial charge on any atom is 0.125 e. The molecule has 1 rings (SSSR count). The van der Waals surface area contributed by atoms with Crippen LogP contribution < -0.4 is 14.8 Å². The number of hydrogen-bond donors (Lipinski definition) is 1. The molecule has 1 aromatic rings. The highest BCUT2D eigenvalue weighted by molar-refractivity contribution is 5.40. The summed E-state index contributed by atoms with van der Waals surface area (Å²) in [6.07, 6.45) is 5.99. The van der Waals surface area contributed by atoms with Gasteiger partial charge in [-0.15, -0.1) is 0 Å². The van der Waals surface area contributed by atoms with E-state index in [1.807, 2.05) is 12.1 Å². The van der Waals surface area contributed by atoms with Crippen molar-refractivity contribution in [2.75, 3.05) is 41.0 Å². The Morgan fingerprint density at radius 1 is 0.905 bits per heavy atom. The lowest BCUT2D eigenvalue weighted by molar-refractivity contribution is 0.199. The Hall–Kier alpha value is -1.26. The smallest absolute Gasteiger partial charge is 0.125 e. The van der Waals surface area contributed by atoms with E-state index in [0.717, 1.165) is 37.6 Å². The number of ether oxygens (including phenoxy) is 3. The molecule has 0 spiro atoms. The maximum atomic E-state index is 5.42. The third-order valence-electron chi connectivity index (χ3n) is 3.53. The molecule has 4 heteroatoms. The lowest BCUT2D eigenvalue weighted by atomic mass is 10.0. The van der Waals surface area contributed by atoms with Gasteiger partial charge in [0.15, 0.2) is 0 Å². The van der Waals surface area contributed by atoms with Crippen LogP contribution in [-0.4, -0.2) is 41.0 Å². The maximum absolute atomic E-state index is 5.42. The average molecular weight is 295 g/mol. The zero-order valence-corrected chi connectivity index (χ0v) is 13.6. The van der Waals surface area contributed by atoms with E-state index >= 15 is 0 Å². The highest BCUT2D eigenvalue weighted by Crippen LogP contribution is 2.26. The van der Waals surface area contributed by atoms with E-state index in [9.17, 15) is 0 Å². The molecule has 0 fully saturated rings. The molecule has 0 aromatic heterocycles. The molecule has 0 amide bonds. The van der Waals surface area contributed by atoms with Crippen molar-refractivity contribution in [1.82, 2.24) is 5.32 Å². The van der Waals surface area contributed by atoms with Crippen LogP contribution in [0.2, 0.25) is 0 Å². The van der Waals surface area contributed by atoms with Crippen LogP contribution >= 0.6 is 0 Å². The van der Waals surface area contributed by atoms with Crippen molar-refractivity contribution >= 4 is 0 Å². The standard InChI is InChI=1S/C17H29NO3/c1-19-13-12-18-11-7-5-4-6-8-15-9-10-16(20-2)14-17(15)21-3/h9-10,14,18H,4-8,11-13H2,1-3H3. The molecule has 1 aromatic carbocycles. The molecule has 0 aliphatic carbocycles. The van der Waals surface area contributed by atoms with Gasteiger partial charge in [0.05, 0.1) is 20.8 Å². The third kappa shape index (κ3) is 7.34. The average Bonchev–Trinajstić information content (AvgIpc) is 2.53. The van der Waals surface area contributed by atoms with Crippen LogP contribution in [-0.2, 0) is 11.2 Å². The fourth-order valence-electron chi connectivity index (χ4n) is 2.28. The van der Waals surface area contributed by atoms with Gasteiger partial charge in [0.2, 0.25) is 0 Å². The number of aryl methyl sites for hydroxylation is 1. The van der Waals surface area contributed by atoms with Crippen molar-refractivity contribution < 1.29 is 14.2 Å². The zero-order chi connectivity index (χ0) is 15.3. The summed E-state index contributed by atoms with van der Waals surface area (Å²) in [6.45, 7) is 2.81. The lowest BCUT2D eigenvalue weighted by Crippen LogP contribution is -2.20. The summed E-state index contributed by atoms with van der Waals surface area (Å²) in [7, 11) is 5.12. The summed E-state index contributed by atoms with van der Waals surface area (Å²) in [5.41, 5.74) is 1.26. The normalized spacial score (nSPS) is 10.6. The van der Waals surface area contributed by atoms with Crippen molar-refractivity contribution in [2.45, 2.75) is 32.1 Å². The fraction of sp³-hybridized carbons (Fsp3) is 0.647. The van der Waals surface area contributed by atoms with Crippen LogP contribution in [0.3, 0.4) is 0 Å². The molecule has 4 nitrogen and oxygen atoms in total. The van der Waals surface area contributed by atoms with Crippen molar-refractivity contribution in [3.05, 3.63) is 23.8 Å². The van der Waals surface area contributed by atoms with Gasteiger partial charge in [0.1, 0.15) is 11.5 Å². The Bertz CT molecular complexity index is 382. The minimum Gasteiger partial charge on any atom is -0.497 e. The second-order valence-electron chi connectivity index (χ2n) is 5.08. The minimum atomic E-state index is 0.789. The Balaban J connectivity index is 2.15. The highest BCUT2D eigenvalue weighted by Gasteiger charge is 2.04. The Morgan fingerprint density at radius 2 is 1.71 bits per heavy atom. The van der Waals surface area contributed by atoms with Gasteiger partial charge in [-0.05, 0) is 37.4 Å². The first-order chi connectivity index (χ1) is 10.3. The predicted molar refractivity (Wildman–Crippen MR) is 86.5 cm³/mol. The van der Waals surface area contributed by atoms with Gasteiger partial charge < -0.3 is 19.5 Å². The van der Waals surface area contributed by atoms with Crippen LogP contribution in [0.15, 0.2) is 18.2 Å². The quantitative estimate of drug-likeness (QED) is 0.602. The number of unbranched alkanes of at least 4 members (excludes halogenated alkanes) is 3. The van der Waals surface area contributed by atoms with Gasteiger partial charge in [0, 0.05) is 19.7 Å². The molecule has 0 unspecified atom stereocenters. The number of nitrogens with one attached hydrogen (secondary N) is 1. The van der Waals surface area contributed by atoms with Gasteiger partial charge in [0.25, 0.3) is 0 Å². The molecule has 0 saturated heterocycles. The van der Waals surface area contributed by atoms with Crippen LogP contribution in [0, 0.1) is 0 Å². The molecule has 0 atom stereocenters. The van der Waals surface area contributed by atoms with Crippen LogP contribution in [0.4, 0.5) is 0 Å². The highest BCUT2D eigenvalue weighted by atomic mass is 16.5. The topological polar surface area (TPSA) is 39.7 Å². The van der Waals surface area contributed by atoms with E-state index in [1.54, 1.807) is 21.3 Å². The van der Waals surface area contributed by atoms with Gasteiger partial charge in [-0.1, -0.05) is 18.9 Å². The molecule has 21 heavy (non-hydrogen) atoms. The van der Waals surface area contributed by atoms with Gasteiger partial charge in [-0.3, -0.25) is 0 Å². The van der Waals surface area contributed by atoms with E-state index in [-0.39, 0.29) is 0 Å². The number of hydrogen-bond acceptors (Lipinski definition) is 4. The summed E-state index contributed by atoms with van der Waals surface area (Å²) >= 11 is 0. The third-order valence-corrected chi connectivity index (χ3v) is 3.53. The van der Waals surface area contributed by atoms with Crippen LogP contribution in [0.1, 0.15) is 31.2 Å². The molecule has 0 bridgehead atoms. The first-order valence-electron chi connectivity index (χ1n) is 7.72. The first-order valence-corrected chi connectivity index (χ1v) is 7.72. The SMILES string of the molecule is COCCNCCCCCCc1ccc(OC)cc1OC. The van der Waals surface area contributed by atoms with E-state index in [2.05, 4.69) is 11.4 Å². The minimum absolute atomic E-state index is 0.789. The Kier molecular flexibility index (Phi) is 9.66. The molecule has 0 aliphatic heterocycles. The van der Waals surface area contributed by atoms with E-state index in [1.165, 1.54) is 31.2 Å². The van der Waals surface area contributed by atoms with Crippen LogP contribution in [0.25, 0.3) is 0 Å². The number of benzene rings is 1. The molecular weight excluding hydrogens is 266 g/mol. The molecule has 120 valence electrons.